The monoisotopic (exact) mass is 353 g/mol. The van der Waals surface area contributed by atoms with Gasteiger partial charge in [-0.3, -0.25) is 9.89 Å². The summed E-state index contributed by atoms with van der Waals surface area (Å²) in [6.07, 6.45) is 2.12. The van der Waals surface area contributed by atoms with Crippen LogP contribution in [0.2, 0.25) is 5.02 Å². The van der Waals surface area contributed by atoms with Gasteiger partial charge in [0.1, 0.15) is 18.2 Å². The number of carbonyl (C=O) groups excluding carboxylic acids is 1. The van der Waals surface area contributed by atoms with Crippen molar-refractivity contribution >= 4 is 23.3 Å². The van der Waals surface area contributed by atoms with Crippen molar-refractivity contribution < 1.29 is 9.53 Å². The summed E-state index contributed by atoms with van der Waals surface area (Å²) < 4.78 is 6.04. The zero-order valence-corrected chi connectivity index (χ0v) is 14.1. The Morgan fingerprint density at radius 1 is 1.16 bits per heavy atom. The first kappa shape index (κ1) is 15.7. The highest BCUT2D eigenvalue weighted by Crippen LogP contribution is 2.39. The summed E-state index contributed by atoms with van der Waals surface area (Å²) in [4.78, 5) is 12.0. The molecule has 2 heterocycles. The van der Waals surface area contributed by atoms with Gasteiger partial charge in [-0.05, 0) is 23.8 Å². The molecular formula is C19H16ClN3O2. The molecule has 0 fully saturated rings. The van der Waals surface area contributed by atoms with E-state index < -0.39 is 0 Å². The van der Waals surface area contributed by atoms with E-state index in [1.807, 2.05) is 48.5 Å². The second-order valence-corrected chi connectivity index (χ2v) is 6.40. The fraction of sp³-hybridized carbons (Fsp3) is 0.158. The number of nitrogens with zero attached hydrogens (tertiary/aromatic N) is 1. The Bertz CT molecular complexity index is 922. The van der Waals surface area contributed by atoms with Gasteiger partial charge in [0.2, 0.25) is 5.91 Å². The lowest BCUT2D eigenvalue weighted by Gasteiger charge is -2.24. The normalized spacial score (nSPS) is 16.2. The van der Waals surface area contributed by atoms with E-state index in [1.165, 1.54) is 0 Å². The molecule has 1 aliphatic rings. The van der Waals surface area contributed by atoms with Crippen molar-refractivity contribution in [2.75, 3.05) is 5.32 Å². The molecule has 0 unspecified atom stereocenters. The maximum atomic E-state index is 12.0. The van der Waals surface area contributed by atoms with Crippen molar-refractivity contribution in [1.82, 2.24) is 10.2 Å². The number of nitrogens with one attached hydrogen (secondary N) is 2. The predicted molar refractivity (Wildman–Crippen MR) is 95.9 cm³/mol. The summed E-state index contributed by atoms with van der Waals surface area (Å²) in [6, 6.07) is 15.4. The molecule has 0 saturated carbocycles. The predicted octanol–water partition coefficient (Wildman–Crippen LogP) is 4.12. The number of para-hydroxylation sites is 1. The van der Waals surface area contributed by atoms with Crippen LogP contribution in [0.4, 0.5) is 5.82 Å². The van der Waals surface area contributed by atoms with E-state index in [0.717, 1.165) is 22.4 Å². The van der Waals surface area contributed by atoms with Crippen molar-refractivity contribution in [3.8, 4) is 5.75 Å². The first-order chi connectivity index (χ1) is 12.2. The van der Waals surface area contributed by atoms with E-state index in [9.17, 15) is 4.79 Å². The van der Waals surface area contributed by atoms with Gasteiger partial charge in [-0.1, -0.05) is 41.9 Å². The fourth-order valence-electron chi connectivity index (χ4n) is 3.11. The van der Waals surface area contributed by atoms with Crippen LogP contribution in [-0.4, -0.2) is 16.1 Å². The molecule has 0 saturated heterocycles. The maximum absolute atomic E-state index is 12.0. The van der Waals surface area contributed by atoms with E-state index in [1.54, 1.807) is 6.20 Å². The Kier molecular flexibility index (Phi) is 4.15. The number of amides is 1. The minimum absolute atomic E-state index is 0.0357. The van der Waals surface area contributed by atoms with Crippen LogP contribution in [-0.2, 0) is 11.4 Å². The second kappa shape index (κ2) is 6.61. The molecule has 0 bridgehead atoms. The number of aromatic nitrogens is 2. The zero-order chi connectivity index (χ0) is 17.2. The van der Waals surface area contributed by atoms with Gasteiger partial charge in [0.25, 0.3) is 0 Å². The zero-order valence-electron chi connectivity index (χ0n) is 13.3. The number of aromatic amines is 1. The first-order valence-electron chi connectivity index (χ1n) is 8.00. The number of H-pyrrole nitrogens is 1. The third-order valence-corrected chi connectivity index (χ3v) is 4.51. The Morgan fingerprint density at radius 2 is 2.04 bits per heavy atom. The molecule has 1 amide bonds. The van der Waals surface area contributed by atoms with Gasteiger partial charge in [0.05, 0.1) is 6.20 Å². The number of anilines is 1. The number of benzene rings is 2. The van der Waals surface area contributed by atoms with Gasteiger partial charge in [-0.25, -0.2) is 0 Å². The SMILES string of the molecule is O=C1C[C@H](c2ccccc2OCc2cccc(Cl)c2)c2cn[nH]c2N1. The summed E-state index contributed by atoms with van der Waals surface area (Å²) in [5, 5.41) is 10.4. The number of fused-ring (bicyclic) bond motifs is 1. The number of hydrogen-bond acceptors (Lipinski definition) is 3. The number of hydrogen-bond donors (Lipinski definition) is 2. The maximum Gasteiger partial charge on any atom is 0.226 e. The summed E-state index contributed by atoms with van der Waals surface area (Å²) >= 11 is 6.03. The first-order valence-corrected chi connectivity index (χ1v) is 8.38. The highest BCUT2D eigenvalue weighted by atomic mass is 35.5. The van der Waals surface area contributed by atoms with E-state index in [2.05, 4.69) is 15.5 Å². The van der Waals surface area contributed by atoms with Crippen molar-refractivity contribution in [2.24, 2.45) is 0 Å². The van der Waals surface area contributed by atoms with Crippen molar-refractivity contribution in [2.45, 2.75) is 18.9 Å². The van der Waals surface area contributed by atoms with Crippen molar-refractivity contribution in [3.05, 3.63) is 76.4 Å². The topological polar surface area (TPSA) is 67.0 Å². The molecule has 4 rings (SSSR count). The van der Waals surface area contributed by atoms with Crippen LogP contribution in [0.15, 0.2) is 54.7 Å². The third-order valence-electron chi connectivity index (χ3n) is 4.28. The molecule has 3 aromatic rings. The van der Waals surface area contributed by atoms with Crippen LogP contribution in [0, 0.1) is 0 Å². The molecule has 2 N–H and O–H groups in total. The Balaban J connectivity index is 1.63. The summed E-state index contributed by atoms with van der Waals surface area (Å²) in [7, 11) is 0. The lowest BCUT2D eigenvalue weighted by atomic mass is 9.87. The molecule has 126 valence electrons. The largest absolute Gasteiger partial charge is 0.489 e. The summed E-state index contributed by atoms with van der Waals surface area (Å²) in [5.74, 6) is 1.30. The third kappa shape index (κ3) is 3.23. The average Bonchev–Trinajstić information content (AvgIpc) is 3.08. The molecule has 1 aromatic heterocycles. The standard InChI is InChI=1S/C19H16ClN3O2/c20-13-5-3-4-12(8-13)11-25-17-7-2-1-6-14(17)15-9-18(24)22-19-16(15)10-21-23-19/h1-8,10,15H,9,11H2,(H2,21,22,23,24)/t15-/m1/s1. The fourth-order valence-corrected chi connectivity index (χ4v) is 3.32. The van der Waals surface area contributed by atoms with Gasteiger partial charge in [-0.15, -0.1) is 0 Å². The summed E-state index contributed by atoms with van der Waals surface area (Å²) in [5.41, 5.74) is 2.94. The summed E-state index contributed by atoms with van der Waals surface area (Å²) in [6.45, 7) is 0.411. The van der Waals surface area contributed by atoms with Crippen LogP contribution in [0.1, 0.15) is 29.0 Å². The molecular weight excluding hydrogens is 338 g/mol. The van der Waals surface area contributed by atoms with E-state index in [0.29, 0.717) is 23.9 Å². The van der Waals surface area contributed by atoms with Gasteiger partial charge in [0, 0.05) is 28.5 Å². The molecule has 0 spiro atoms. The van der Waals surface area contributed by atoms with Crippen LogP contribution < -0.4 is 10.1 Å². The quantitative estimate of drug-likeness (QED) is 0.741. The Morgan fingerprint density at radius 3 is 2.92 bits per heavy atom. The average molecular weight is 354 g/mol. The van der Waals surface area contributed by atoms with Gasteiger partial charge in [-0.2, -0.15) is 5.10 Å². The minimum atomic E-state index is -0.0851. The molecule has 0 radical (unpaired) electrons. The van der Waals surface area contributed by atoms with Crippen LogP contribution >= 0.6 is 11.6 Å². The second-order valence-electron chi connectivity index (χ2n) is 5.96. The molecule has 6 heteroatoms. The van der Waals surface area contributed by atoms with Crippen LogP contribution in [0.25, 0.3) is 0 Å². The smallest absolute Gasteiger partial charge is 0.226 e. The number of ether oxygens (including phenoxy) is 1. The lowest BCUT2D eigenvalue weighted by molar-refractivity contribution is -0.116. The van der Waals surface area contributed by atoms with Gasteiger partial charge < -0.3 is 10.1 Å². The number of carbonyl (C=O) groups is 1. The number of rotatable bonds is 4. The van der Waals surface area contributed by atoms with Crippen molar-refractivity contribution in [1.29, 1.82) is 0 Å². The van der Waals surface area contributed by atoms with E-state index >= 15 is 0 Å². The van der Waals surface area contributed by atoms with Crippen LogP contribution in [0.3, 0.4) is 0 Å². The van der Waals surface area contributed by atoms with Crippen molar-refractivity contribution in [3.63, 3.8) is 0 Å². The Labute approximate surface area is 150 Å². The highest BCUT2D eigenvalue weighted by Gasteiger charge is 2.29. The molecule has 1 atom stereocenters. The molecule has 5 nitrogen and oxygen atoms in total. The Hall–Kier alpha value is -2.79. The van der Waals surface area contributed by atoms with Crippen LogP contribution in [0.5, 0.6) is 5.75 Å². The molecule has 25 heavy (non-hydrogen) atoms. The lowest BCUT2D eigenvalue weighted by Crippen LogP contribution is -2.23. The highest BCUT2D eigenvalue weighted by molar-refractivity contribution is 6.30. The van der Waals surface area contributed by atoms with E-state index in [4.69, 9.17) is 16.3 Å². The van der Waals surface area contributed by atoms with Gasteiger partial charge >= 0.3 is 0 Å². The molecule has 1 aliphatic heterocycles. The molecule has 0 aliphatic carbocycles. The minimum Gasteiger partial charge on any atom is -0.489 e. The van der Waals surface area contributed by atoms with Gasteiger partial charge in [0.15, 0.2) is 0 Å². The number of halogens is 1. The molecule has 2 aromatic carbocycles. The van der Waals surface area contributed by atoms with E-state index in [-0.39, 0.29) is 11.8 Å².